The summed E-state index contributed by atoms with van der Waals surface area (Å²) >= 11 is 18.9. The second-order valence-corrected chi connectivity index (χ2v) is 11.3. The van der Waals surface area contributed by atoms with Crippen molar-refractivity contribution < 1.29 is 13.2 Å². The fourth-order valence-corrected chi connectivity index (χ4v) is 6.43. The predicted octanol–water partition coefficient (Wildman–Crippen LogP) is 2.82. The van der Waals surface area contributed by atoms with Crippen molar-refractivity contribution >= 4 is 62.1 Å². The summed E-state index contributed by atoms with van der Waals surface area (Å²) in [4.78, 5) is 14.1. The lowest BCUT2D eigenvalue weighted by Gasteiger charge is -2.35. The summed E-state index contributed by atoms with van der Waals surface area (Å²) in [5, 5.41) is 0. The lowest BCUT2D eigenvalue weighted by molar-refractivity contribution is -0.137. The summed E-state index contributed by atoms with van der Waals surface area (Å²) in [6, 6.07) is 3.06. The number of sulfonamides is 1. The van der Waals surface area contributed by atoms with Crippen LogP contribution >= 0.6 is 46.1 Å². The smallest absolute Gasteiger partial charge is 0.252 e. The topological polar surface area (TPSA) is 57.7 Å². The van der Waals surface area contributed by atoms with E-state index >= 15 is 0 Å². The molecule has 0 spiro atoms. The van der Waals surface area contributed by atoms with Crippen LogP contribution in [0, 0.1) is 5.41 Å². The first-order valence-electron chi connectivity index (χ1n) is 7.01. The molecule has 3 rings (SSSR count). The normalized spacial score (nSPS) is 27.9. The number of carbonyl (C=O) groups excluding carboxylic acids is 1. The van der Waals surface area contributed by atoms with Gasteiger partial charge in [0.05, 0.1) is 9.75 Å². The molecule has 1 aliphatic heterocycles. The molecule has 23 heavy (non-hydrogen) atoms. The van der Waals surface area contributed by atoms with Crippen molar-refractivity contribution in [3.8, 4) is 0 Å². The molecule has 1 aliphatic carbocycles. The summed E-state index contributed by atoms with van der Waals surface area (Å²) in [6.07, 6.45) is 0.425. The molecule has 2 heterocycles. The monoisotopic (exact) mass is 416 g/mol. The molecule has 128 valence electrons. The molecule has 0 unspecified atom stereocenters. The van der Waals surface area contributed by atoms with Crippen molar-refractivity contribution in [2.45, 2.75) is 21.9 Å². The van der Waals surface area contributed by atoms with Crippen LogP contribution in [0.2, 0.25) is 4.34 Å². The van der Waals surface area contributed by atoms with E-state index in [2.05, 4.69) is 0 Å². The van der Waals surface area contributed by atoms with E-state index in [0.29, 0.717) is 23.8 Å². The number of piperazine rings is 1. The first-order valence-corrected chi connectivity index (χ1v) is 10.4. The van der Waals surface area contributed by atoms with Crippen LogP contribution in [0.4, 0.5) is 0 Å². The zero-order valence-corrected chi connectivity index (χ0v) is 16.2. The minimum atomic E-state index is -3.56. The van der Waals surface area contributed by atoms with Crippen molar-refractivity contribution in [1.29, 1.82) is 0 Å². The SMILES string of the molecule is C[C@]1(C(=O)N2CCN(S(=O)(=O)c3ccc(Cl)s3)CC2)CC1(Cl)Cl. The molecular formula is C13H15Cl3N2O3S2. The van der Waals surface area contributed by atoms with Gasteiger partial charge in [-0.3, -0.25) is 4.79 Å². The van der Waals surface area contributed by atoms with Crippen molar-refractivity contribution in [2.24, 2.45) is 5.41 Å². The molecule has 0 N–H and O–H groups in total. The average molecular weight is 418 g/mol. The first kappa shape index (κ1) is 17.8. The molecule has 1 saturated heterocycles. The zero-order chi connectivity index (χ0) is 17.0. The largest absolute Gasteiger partial charge is 0.339 e. The maximum atomic E-state index is 12.5. The zero-order valence-electron chi connectivity index (χ0n) is 12.3. The standard InChI is InChI=1S/C13H15Cl3N2O3S2/c1-12(8-13(12,15)16)11(19)17-4-6-18(7-5-17)23(20,21)10-3-2-9(14)22-10/h2-3H,4-8H2,1H3/t12-/m1/s1. The highest BCUT2D eigenvalue weighted by Crippen LogP contribution is 2.64. The first-order chi connectivity index (χ1) is 10.6. The van der Waals surface area contributed by atoms with E-state index in [4.69, 9.17) is 34.8 Å². The van der Waals surface area contributed by atoms with Crippen LogP contribution < -0.4 is 0 Å². The molecule has 1 atom stereocenters. The second kappa shape index (κ2) is 5.75. The Morgan fingerprint density at radius 1 is 1.22 bits per heavy atom. The van der Waals surface area contributed by atoms with Gasteiger partial charge in [0.1, 0.15) is 8.54 Å². The molecule has 1 amide bonds. The van der Waals surface area contributed by atoms with E-state index in [-0.39, 0.29) is 23.2 Å². The van der Waals surface area contributed by atoms with Gasteiger partial charge in [0.2, 0.25) is 5.91 Å². The van der Waals surface area contributed by atoms with Gasteiger partial charge in [-0.25, -0.2) is 8.42 Å². The second-order valence-electron chi connectivity index (χ2n) is 5.97. The van der Waals surface area contributed by atoms with Crippen LogP contribution in [0.15, 0.2) is 16.3 Å². The van der Waals surface area contributed by atoms with E-state index in [1.807, 2.05) is 0 Å². The summed E-state index contributed by atoms with van der Waals surface area (Å²) in [7, 11) is -3.56. The van der Waals surface area contributed by atoms with Gasteiger partial charge in [-0.05, 0) is 25.5 Å². The Labute approximate surface area is 154 Å². The Hall–Kier alpha value is -0.0500. The molecule has 1 saturated carbocycles. The van der Waals surface area contributed by atoms with Crippen molar-refractivity contribution in [3.63, 3.8) is 0 Å². The van der Waals surface area contributed by atoms with Gasteiger partial charge in [0.25, 0.3) is 10.0 Å². The molecule has 0 aromatic carbocycles. The molecule has 1 aromatic rings. The molecule has 0 radical (unpaired) electrons. The highest BCUT2D eigenvalue weighted by Gasteiger charge is 2.68. The average Bonchev–Trinajstić information content (AvgIpc) is 2.83. The molecule has 0 bridgehead atoms. The number of hydrogen-bond acceptors (Lipinski definition) is 4. The van der Waals surface area contributed by atoms with E-state index in [1.165, 1.54) is 10.4 Å². The van der Waals surface area contributed by atoms with Gasteiger partial charge in [-0.1, -0.05) is 11.6 Å². The molecule has 5 nitrogen and oxygen atoms in total. The van der Waals surface area contributed by atoms with E-state index in [1.54, 1.807) is 17.9 Å². The third-order valence-electron chi connectivity index (χ3n) is 4.40. The quantitative estimate of drug-likeness (QED) is 0.711. The Morgan fingerprint density at radius 3 is 2.22 bits per heavy atom. The summed E-state index contributed by atoms with van der Waals surface area (Å²) in [6.45, 7) is 2.90. The van der Waals surface area contributed by atoms with Crippen LogP contribution in [0.5, 0.6) is 0 Å². The van der Waals surface area contributed by atoms with Gasteiger partial charge in [0, 0.05) is 26.2 Å². The van der Waals surface area contributed by atoms with Crippen LogP contribution in [-0.4, -0.2) is 54.0 Å². The fourth-order valence-electron chi connectivity index (χ4n) is 2.68. The summed E-state index contributed by atoms with van der Waals surface area (Å²) in [5.74, 6) is -0.112. The number of carbonyl (C=O) groups is 1. The Balaban J connectivity index is 1.66. The molecule has 2 fully saturated rings. The predicted molar refractivity (Wildman–Crippen MR) is 91.8 cm³/mol. The van der Waals surface area contributed by atoms with Gasteiger partial charge >= 0.3 is 0 Å². The number of alkyl halides is 2. The van der Waals surface area contributed by atoms with Crippen LogP contribution in [-0.2, 0) is 14.8 Å². The summed E-state index contributed by atoms with van der Waals surface area (Å²) < 4.78 is 26.1. The van der Waals surface area contributed by atoms with E-state index < -0.39 is 19.8 Å². The lowest BCUT2D eigenvalue weighted by atomic mass is 10.1. The van der Waals surface area contributed by atoms with Crippen LogP contribution in [0.1, 0.15) is 13.3 Å². The number of rotatable bonds is 3. The third kappa shape index (κ3) is 3.00. The van der Waals surface area contributed by atoms with Gasteiger partial charge in [0.15, 0.2) is 0 Å². The number of thiophene rings is 1. The molecule has 1 aromatic heterocycles. The van der Waals surface area contributed by atoms with Crippen molar-refractivity contribution in [3.05, 3.63) is 16.5 Å². The Kier molecular flexibility index (Phi) is 4.44. The fraction of sp³-hybridized carbons (Fsp3) is 0.615. The minimum Gasteiger partial charge on any atom is -0.339 e. The van der Waals surface area contributed by atoms with Crippen LogP contribution in [0.25, 0.3) is 0 Å². The Bertz CT molecular complexity index is 741. The van der Waals surface area contributed by atoms with Crippen LogP contribution in [0.3, 0.4) is 0 Å². The van der Waals surface area contributed by atoms with Gasteiger partial charge < -0.3 is 4.90 Å². The van der Waals surface area contributed by atoms with Gasteiger partial charge in [-0.2, -0.15) is 4.31 Å². The Morgan fingerprint density at radius 2 is 1.78 bits per heavy atom. The molecule has 2 aliphatic rings. The minimum absolute atomic E-state index is 0.112. The highest BCUT2D eigenvalue weighted by atomic mass is 35.5. The van der Waals surface area contributed by atoms with E-state index in [9.17, 15) is 13.2 Å². The van der Waals surface area contributed by atoms with Crippen molar-refractivity contribution in [2.75, 3.05) is 26.2 Å². The number of halogens is 3. The number of amides is 1. The third-order valence-corrected chi connectivity index (χ3v) is 9.10. The van der Waals surface area contributed by atoms with Gasteiger partial charge in [-0.15, -0.1) is 34.5 Å². The maximum Gasteiger partial charge on any atom is 0.252 e. The van der Waals surface area contributed by atoms with Crippen molar-refractivity contribution in [1.82, 2.24) is 9.21 Å². The highest BCUT2D eigenvalue weighted by molar-refractivity contribution is 7.91. The maximum absolute atomic E-state index is 12.5. The number of hydrogen-bond donors (Lipinski definition) is 0. The number of nitrogens with zero attached hydrogens (tertiary/aromatic N) is 2. The molecule has 10 heteroatoms. The molecular weight excluding hydrogens is 403 g/mol. The lowest BCUT2D eigenvalue weighted by Crippen LogP contribution is -2.52. The summed E-state index contributed by atoms with van der Waals surface area (Å²) in [5.41, 5.74) is -0.765. The van der Waals surface area contributed by atoms with E-state index in [0.717, 1.165) is 11.3 Å².